The standard InChI is InChI=1S/C22H23F3N2O/c23-19-8-9-20(24)22(25)18(19)10-21(28)27-13-16-6-7-17(27)14-26(12-16)11-15-4-2-1-3-5-15/h1-5,8-9,16-17H,6-7,10-14H2/t16-,17+/m1/s1. The predicted molar refractivity (Wildman–Crippen MR) is 100.0 cm³/mol. The van der Waals surface area contributed by atoms with Crippen molar-refractivity contribution in [3.63, 3.8) is 0 Å². The van der Waals surface area contributed by atoms with Crippen LogP contribution in [0.5, 0.6) is 0 Å². The Bertz CT molecular complexity index is 858. The zero-order valence-corrected chi connectivity index (χ0v) is 15.6. The molecule has 3 aliphatic heterocycles. The Labute approximate surface area is 162 Å². The number of piperidine rings is 1. The lowest BCUT2D eigenvalue weighted by Gasteiger charge is -2.36. The van der Waals surface area contributed by atoms with E-state index >= 15 is 0 Å². The lowest BCUT2D eigenvalue weighted by atomic mass is 9.94. The van der Waals surface area contributed by atoms with Crippen molar-refractivity contribution in [1.29, 1.82) is 0 Å². The molecule has 0 saturated carbocycles. The SMILES string of the molecule is O=C(Cc1c(F)ccc(F)c1F)N1C[C@@H]2CC[C@H]1CN(Cc1ccccc1)C2. The second kappa shape index (κ2) is 7.95. The number of hydrogen-bond acceptors (Lipinski definition) is 2. The third-order valence-electron chi connectivity index (χ3n) is 5.83. The van der Waals surface area contributed by atoms with Crippen LogP contribution in [0.25, 0.3) is 0 Å². The van der Waals surface area contributed by atoms with Gasteiger partial charge < -0.3 is 4.90 Å². The maximum atomic E-state index is 14.0. The lowest BCUT2D eigenvalue weighted by Crippen LogP contribution is -2.48. The van der Waals surface area contributed by atoms with Crippen molar-refractivity contribution in [3.8, 4) is 0 Å². The number of rotatable bonds is 4. The molecule has 6 heteroatoms. The van der Waals surface area contributed by atoms with E-state index in [1.807, 2.05) is 18.2 Å². The van der Waals surface area contributed by atoms with Gasteiger partial charge in [-0.25, -0.2) is 13.2 Å². The summed E-state index contributed by atoms with van der Waals surface area (Å²) in [5.41, 5.74) is 0.747. The van der Waals surface area contributed by atoms with E-state index in [2.05, 4.69) is 17.0 Å². The number of fused-ring (bicyclic) bond motifs is 4. The summed E-state index contributed by atoms with van der Waals surface area (Å²) in [6.07, 6.45) is 1.48. The highest BCUT2D eigenvalue weighted by atomic mass is 19.2. The molecule has 2 aromatic rings. The van der Waals surface area contributed by atoms with Crippen molar-refractivity contribution in [2.24, 2.45) is 5.92 Å². The van der Waals surface area contributed by atoms with Crippen LogP contribution in [0.1, 0.15) is 24.0 Å². The van der Waals surface area contributed by atoms with Gasteiger partial charge in [-0.15, -0.1) is 0 Å². The molecule has 148 valence electrons. The Morgan fingerprint density at radius 1 is 0.929 bits per heavy atom. The minimum Gasteiger partial charge on any atom is -0.338 e. The van der Waals surface area contributed by atoms with E-state index in [-0.39, 0.29) is 11.9 Å². The summed E-state index contributed by atoms with van der Waals surface area (Å²) in [5, 5.41) is 0. The van der Waals surface area contributed by atoms with E-state index in [0.29, 0.717) is 12.5 Å². The zero-order chi connectivity index (χ0) is 19.7. The van der Waals surface area contributed by atoms with Crippen LogP contribution in [0.2, 0.25) is 0 Å². The van der Waals surface area contributed by atoms with Crippen molar-refractivity contribution < 1.29 is 18.0 Å². The van der Waals surface area contributed by atoms with Crippen LogP contribution in [0, 0.1) is 23.4 Å². The minimum absolute atomic E-state index is 0.0228. The average Bonchev–Trinajstić information content (AvgIpc) is 2.99. The lowest BCUT2D eigenvalue weighted by molar-refractivity contribution is -0.134. The maximum Gasteiger partial charge on any atom is 0.227 e. The summed E-state index contributed by atoms with van der Waals surface area (Å²) < 4.78 is 41.4. The van der Waals surface area contributed by atoms with E-state index in [1.54, 1.807) is 4.90 Å². The largest absolute Gasteiger partial charge is 0.338 e. The van der Waals surface area contributed by atoms with Gasteiger partial charge in [0.2, 0.25) is 5.91 Å². The fraction of sp³-hybridized carbons (Fsp3) is 0.409. The highest BCUT2D eigenvalue weighted by molar-refractivity contribution is 5.79. The van der Waals surface area contributed by atoms with Crippen molar-refractivity contribution >= 4 is 5.91 Å². The first-order valence-electron chi connectivity index (χ1n) is 9.69. The number of halogens is 3. The molecule has 1 amide bonds. The van der Waals surface area contributed by atoms with Crippen LogP contribution < -0.4 is 0 Å². The molecule has 0 aliphatic carbocycles. The average molecular weight is 388 g/mol. The summed E-state index contributed by atoms with van der Waals surface area (Å²) in [5.74, 6) is -3.26. The smallest absolute Gasteiger partial charge is 0.227 e. The van der Waals surface area contributed by atoms with Crippen LogP contribution in [-0.4, -0.2) is 41.4 Å². The number of carbonyl (C=O) groups excluding carboxylic acids is 1. The van der Waals surface area contributed by atoms with Crippen LogP contribution >= 0.6 is 0 Å². The van der Waals surface area contributed by atoms with E-state index < -0.39 is 29.4 Å². The van der Waals surface area contributed by atoms with Crippen LogP contribution in [0.3, 0.4) is 0 Å². The van der Waals surface area contributed by atoms with Crippen LogP contribution in [0.4, 0.5) is 13.2 Å². The van der Waals surface area contributed by atoms with Crippen molar-refractivity contribution in [3.05, 3.63) is 71.0 Å². The fourth-order valence-electron chi connectivity index (χ4n) is 4.44. The molecule has 3 nitrogen and oxygen atoms in total. The number of amides is 1. The summed E-state index contributed by atoms with van der Waals surface area (Å²) in [7, 11) is 0. The van der Waals surface area contributed by atoms with E-state index in [9.17, 15) is 18.0 Å². The molecule has 3 heterocycles. The molecule has 2 bridgehead atoms. The van der Waals surface area contributed by atoms with Gasteiger partial charge in [0, 0.05) is 37.8 Å². The van der Waals surface area contributed by atoms with Gasteiger partial charge in [-0.2, -0.15) is 0 Å². The zero-order valence-electron chi connectivity index (χ0n) is 15.6. The molecule has 3 aliphatic rings. The number of carbonyl (C=O) groups is 1. The molecule has 3 fully saturated rings. The van der Waals surface area contributed by atoms with Crippen molar-refractivity contribution in [2.75, 3.05) is 19.6 Å². The quantitative estimate of drug-likeness (QED) is 0.745. The third kappa shape index (κ3) is 3.92. The Kier molecular flexibility index (Phi) is 5.40. The van der Waals surface area contributed by atoms with Crippen molar-refractivity contribution in [2.45, 2.75) is 31.8 Å². The van der Waals surface area contributed by atoms with Crippen LogP contribution in [-0.2, 0) is 17.8 Å². The topological polar surface area (TPSA) is 23.6 Å². The van der Waals surface area contributed by atoms with E-state index in [1.165, 1.54) is 5.56 Å². The summed E-state index contributed by atoms with van der Waals surface area (Å²) in [6, 6.07) is 11.8. The highest BCUT2D eigenvalue weighted by Gasteiger charge is 2.37. The predicted octanol–water partition coefficient (Wildman–Crippen LogP) is 3.77. The monoisotopic (exact) mass is 388 g/mol. The highest BCUT2D eigenvalue weighted by Crippen LogP contribution is 2.30. The summed E-state index contributed by atoms with van der Waals surface area (Å²) in [4.78, 5) is 17.0. The molecule has 3 saturated heterocycles. The molecule has 0 unspecified atom stereocenters. The normalized spacial score (nSPS) is 22.3. The second-order valence-electron chi connectivity index (χ2n) is 7.82. The van der Waals surface area contributed by atoms with Gasteiger partial charge in [0.15, 0.2) is 11.6 Å². The minimum atomic E-state index is -1.26. The summed E-state index contributed by atoms with van der Waals surface area (Å²) >= 11 is 0. The first-order chi connectivity index (χ1) is 13.5. The number of hydrogen-bond donors (Lipinski definition) is 0. The van der Waals surface area contributed by atoms with Gasteiger partial charge in [0.1, 0.15) is 5.82 Å². The molecule has 0 N–H and O–H groups in total. The Morgan fingerprint density at radius 3 is 2.46 bits per heavy atom. The van der Waals surface area contributed by atoms with E-state index in [4.69, 9.17) is 0 Å². The Morgan fingerprint density at radius 2 is 1.68 bits per heavy atom. The van der Waals surface area contributed by atoms with Gasteiger partial charge in [-0.05, 0) is 36.5 Å². The molecular formula is C22H23F3N2O. The first-order valence-corrected chi connectivity index (χ1v) is 9.69. The molecule has 0 aromatic heterocycles. The molecular weight excluding hydrogens is 365 g/mol. The summed E-state index contributed by atoms with van der Waals surface area (Å²) in [6.45, 7) is 3.06. The second-order valence-corrected chi connectivity index (χ2v) is 7.82. The molecule has 2 atom stereocenters. The molecule has 5 rings (SSSR count). The van der Waals surface area contributed by atoms with Gasteiger partial charge >= 0.3 is 0 Å². The first kappa shape index (κ1) is 19.0. The molecule has 0 spiro atoms. The van der Waals surface area contributed by atoms with Crippen LogP contribution in [0.15, 0.2) is 42.5 Å². The van der Waals surface area contributed by atoms with Gasteiger partial charge in [0.25, 0.3) is 0 Å². The number of benzene rings is 2. The maximum absolute atomic E-state index is 14.0. The molecule has 0 radical (unpaired) electrons. The van der Waals surface area contributed by atoms with E-state index in [0.717, 1.165) is 44.6 Å². The molecule has 28 heavy (non-hydrogen) atoms. The van der Waals surface area contributed by atoms with Gasteiger partial charge in [-0.1, -0.05) is 30.3 Å². The number of nitrogens with zero attached hydrogens (tertiary/aromatic N) is 2. The molecule has 2 aromatic carbocycles. The third-order valence-corrected chi connectivity index (χ3v) is 5.83. The fourth-order valence-corrected chi connectivity index (χ4v) is 4.44. The Balaban J connectivity index is 1.48. The van der Waals surface area contributed by atoms with Crippen molar-refractivity contribution in [1.82, 2.24) is 9.80 Å². The van der Waals surface area contributed by atoms with Gasteiger partial charge in [0.05, 0.1) is 6.42 Å². The van der Waals surface area contributed by atoms with Gasteiger partial charge in [-0.3, -0.25) is 9.69 Å². The Hall–Kier alpha value is -2.34.